The molecule has 1 unspecified atom stereocenters. The molecule has 262 valence electrons. The van der Waals surface area contributed by atoms with Gasteiger partial charge in [0.25, 0.3) is 0 Å². The van der Waals surface area contributed by atoms with Crippen LogP contribution in [0.15, 0.2) is 98.2 Å². The third-order valence-electron chi connectivity index (χ3n) is 9.02. The number of aromatic hydroxyl groups is 1. The minimum atomic E-state index is -0.951. The summed E-state index contributed by atoms with van der Waals surface area (Å²) in [4.78, 5) is 44.9. The SMILES string of the molecule is C=CCNCC(=O)N1[C@@H](NC(=O)NCC2=CCCC=C2)CN(Cc2nn(CC3C=CC=CC3)c(C=C)c2C=C)C(=O)[C@@H]1Cc1ccc(O)cc1. The van der Waals surface area contributed by atoms with Crippen molar-refractivity contribution in [2.75, 3.05) is 26.2 Å². The number of amides is 4. The van der Waals surface area contributed by atoms with Crippen LogP contribution in [0, 0.1) is 5.92 Å². The number of nitrogens with one attached hydrogen (secondary N) is 3. The fraction of sp³-hybridized carbons (Fsp3) is 0.333. The van der Waals surface area contributed by atoms with Gasteiger partial charge < -0.3 is 30.9 Å². The second-order valence-electron chi connectivity index (χ2n) is 12.6. The highest BCUT2D eigenvalue weighted by molar-refractivity contribution is 5.91. The molecule has 0 saturated carbocycles. The molecule has 2 heterocycles. The predicted molar refractivity (Wildman–Crippen MR) is 197 cm³/mol. The van der Waals surface area contributed by atoms with E-state index in [0.717, 1.165) is 41.7 Å². The highest BCUT2D eigenvalue weighted by Gasteiger charge is 2.44. The summed E-state index contributed by atoms with van der Waals surface area (Å²) in [5.74, 6) is -0.268. The van der Waals surface area contributed by atoms with Gasteiger partial charge in [0.1, 0.15) is 18.0 Å². The molecule has 1 aromatic heterocycles. The van der Waals surface area contributed by atoms with Crippen LogP contribution in [0.4, 0.5) is 4.79 Å². The maximum absolute atomic E-state index is 14.5. The van der Waals surface area contributed by atoms with Gasteiger partial charge in [-0.2, -0.15) is 5.10 Å². The zero-order chi connectivity index (χ0) is 35.5. The number of urea groups is 1. The molecule has 50 heavy (non-hydrogen) atoms. The van der Waals surface area contributed by atoms with Crippen LogP contribution in [-0.2, 0) is 29.1 Å². The van der Waals surface area contributed by atoms with Crippen LogP contribution < -0.4 is 16.0 Å². The van der Waals surface area contributed by atoms with Crippen molar-refractivity contribution in [3.05, 3.63) is 121 Å². The van der Waals surface area contributed by atoms with Crippen LogP contribution in [0.1, 0.15) is 41.8 Å². The van der Waals surface area contributed by atoms with Crippen LogP contribution in [0.25, 0.3) is 12.2 Å². The first-order chi connectivity index (χ1) is 24.3. The lowest BCUT2D eigenvalue weighted by Crippen LogP contribution is -2.69. The molecule has 1 fully saturated rings. The maximum Gasteiger partial charge on any atom is 0.316 e. The lowest BCUT2D eigenvalue weighted by atomic mass is 9.99. The molecule has 3 atom stereocenters. The predicted octanol–water partition coefficient (Wildman–Crippen LogP) is 4.47. The fourth-order valence-electron chi connectivity index (χ4n) is 6.54. The van der Waals surface area contributed by atoms with E-state index < -0.39 is 18.2 Å². The first kappa shape index (κ1) is 35.9. The number of carbonyl (C=O) groups excluding carboxylic acids is 3. The molecule has 3 aliphatic rings. The van der Waals surface area contributed by atoms with E-state index in [2.05, 4.69) is 60.0 Å². The van der Waals surface area contributed by atoms with E-state index in [4.69, 9.17) is 5.10 Å². The lowest BCUT2D eigenvalue weighted by molar-refractivity contribution is -0.157. The minimum Gasteiger partial charge on any atom is -0.508 e. The highest BCUT2D eigenvalue weighted by atomic mass is 16.3. The van der Waals surface area contributed by atoms with E-state index in [1.807, 2.05) is 22.9 Å². The van der Waals surface area contributed by atoms with Crippen molar-refractivity contribution in [2.45, 2.75) is 51.0 Å². The third-order valence-corrected chi connectivity index (χ3v) is 9.02. The summed E-state index contributed by atoms with van der Waals surface area (Å²) in [7, 11) is 0. The first-order valence-corrected chi connectivity index (χ1v) is 17.1. The Labute approximate surface area is 294 Å². The van der Waals surface area contributed by atoms with Gasteiger partial charge in [-0.3, -0.25) is 14.3 Å². The highest BCUT2D eigenvalue weighted by Crippen LogP contribution is 2.27. The molecule has 0 radical (unpaired) electrons. The molecule has 4 N–H and O–H groups in total. The van der Waals surface area contributed by atoms with Crippen LogP contribution in [0.5, 0.6) is 5.75 Å². The maximum atomic E-state index is 14.5. The van der Waals surface area contributed by atoms with Crippen molar-refractivity contribution in [3.63, 3.8) is 0 Å². The van der Waals surface area contributed by atoms with Gasteiger partial charge in [-0.1, -0.05) is 80.0 Å². The van der Waals surface area contributed by atoms with Crippen LogP contribution in [-0.4, -0.2) is 80.9 Å². The molecular formula is C39H47N7O4. The van der Waals surface area contributed by atoms with Crippen LogP contribution >= 0.6 is 0 Å². The number of benzene rings is 1. The number of allylic oxidation sites excluding steroid dienone is 6. The van der Waals surface area contributed by atoms with E-state index in [0.29, 0.717) is 25.3 Å². The van der Waals surface area contributed by atoms with E-state index in [9.17, 15) is 19.5 Å². The molecule has 11 heteroatoms. The molecule has 1 saturated heterocycles. The van der Waals surface area contributed by atoms with Crippen LogP contribution in [0.3, 0.4) is 0 Å². The Morgan fingerprint density at radius 3 is 2.56 bits per heavy atom. The number of aromatic nitrogens is 2. The Hall–Kier alpha value is -5.42. The van der Waals surface area contributed by atoms with Crippen LogP contribution in [0.2, 0.25) is 0 Å². The number of nitrogens with zero attached hydrogens (tertiary/aromatic N) is 4. The average Bonchev–Trinajstić information content (AvgIpc) is 3.46. The van der Waals surface area contributed by atoms with Gasteiger partial charge in [-0.05, 0) is 48.6 Å². The number of phenols is 1. The van der Waals surface area contributed by atoms with Gasteiger partial charge in [0, 0.05) is 37.5 Å². The molecule has 2 aliphatic carbocycles. The number of rotatable bonds is 15. The zero-order valence-electron chi connectivity index (χ0n) is 28.5. The van der Waals surface area contributed by atoms with E-state index in [1.165, 1.54) is 4.90 Å². The van der Waals surface area contributed by atoms with Crippen molar-refractivity contribution in [2.24, 2.45) is 5.92 Å². The Kier molecular flexibility index (Phi) is 12.4. The lowest BCUT2D eigenvalue weighted by Gasteiger charge is -2.46. The molecule has 1 aromatic carbocycles. The summed E-state index contributed by atoms with van der Waals surface area (Å²) in [6, 6.07) is 5.14. The van der Waals surface area contributed by atoms with Gasteiger partial charge in [-0.25, -0.2) is 4.79 Å². The smallest absolute Gasteiger partial charge is 0.316 e. The Bertz CT molecular complexity index is 1700. The van der Waals surface area contributed by atoms with Gasteiger partial charge in [0.05, 0.1) is 31.0 Å². The number of hydrogen-bond donors (Lipinski definition) is 4. The molecule has 4 amide bonds. The summed E-state index contributed by atoms with van der Waals surface area (Å²) in [5.41, 5.74) is 3.99. The molecule has 5 rings (SSSR count). The Balaban J connectivity index is 1.46. The Morgan fingerprint density at radius 1 is 1.06 bits per heavy atom. The standard InChI is InChI=1S/C39H47N7O4/c1-4-21-40-24-37(48)46-35(22-28-17-19-31(47)20-18-28)38(49)44(27-36(46)42-39(50)41-23-29-13-9-7-10-14-29)26-33-32(5-2)34(6-3)45(43-33)25-30-15-11-8-12-16-30/h4-6,8-9,11-15,17-20,30,35-36,40,47H,1-3,7,10,16,21-27H2,(H2,41,42,50)/t30?,35-,36+/m0/s1. The molecule has 1 aliphatic heterocycles. The van der Waals surface area contributed by atoms with Crippen molar-refractivity contribution in [1.29, 1.82) is 0 Å². The molecule has 0 bridgehead atoms. The summed E-state index contributed by atoms with van der Waals surface area (Å²) >= 11 is 0. The van der Waals surface area contributed by atoms with E-state index >= 15 is 0 Å². The van der Waals surface area contributed by atoms with E-state index in [-0.39, 0.29) is 49.5 Å². The summed E-state index contributed by atoms with van der Waals surface area (Å²) in [6.07, 6.45) is 21.7. The second-order valence-corrected chi connectivity index (χ2v) is 12.6. The second kappa shape index (κ2) is 17.3. The fourth-order valence-corrected chi connectivity index (χ4v) is 6.54. The largest absolute Gasteiger partial charge is 0.508 e. The van der Waals surface area contributed by atoms with Crippen molar-refractivity contribution >= 4 is 30.0 Å². The molecule has 0 spiro atoms. The van der Waals surface area contributed by atoms with Gasteiger partial charge in [0.15, 0.2) is 0 Å². The van der Waals surface area contributed by atoms with Gasteiger partial charge in [0.2, 0.25) is 11.8 Å². The number of piperazine rings is 1. The summed E-state index contributed by atoms with van der Waals surface area (Å²) in [6.45, 7) is 13.3. The van der Waals surface area contributed by atoms with Gasteiger partial charge in [-0.15, -0.1) is 6.58 Å². The van der Waals surface area contributed by atoms with Crippen molar-refractivity contribution < 1.29 is 19.5 Å². The average molecular weight is 678 g/mol. The van der Waals surface area contributed by atoms with Gasteiger partial charge >= 0.3 is 6.03 Å². The normalized spacial score (nSPS) is 20.0. The Morgan fingerprint density at radius 2 is 1.88 bits per heavy atom. The van der Waals surface area contributed by atoms with Crippen molar-refractivity contribution in [3.8, 4) is 5.75 Å². The zero-order valence-corrected chi connectivity index (χ0v) is 28.5. The van der Waals surface area contributed by atoms with E-state index in [1.54, 1.807) is 47.4 Å². The quantitative estimate of drug-likeness (QED) is 0.163. The van der Waals surface area contributed by atoms with Crippen molar-refractivity contribution in [1.82, 2.24) is 35.5 Å². The summed E-state index contributed by atoms with van der Waals surface area (Å²) < 4.78 is 1.91. The number of carbonyl (C=O) groups is 3. The third kappa shape index (κ3) is 8.97. The topological polar surface area (TPSA) is 132 Å². The summed E-state index contributed by atoms with van der Waals surface area (Å²) in [5, 5.41) is 23.8. The molecule has 2 aromatic rings. The molecular weight excluding hydrogens is 630 g/mol. The monoisotopic (exact) mass is 677 g/mol. The minimum absolute atomic E-state index is 0.0388. The first-order valence-electron chi connectivity index (χ1n) is 17.1. The number of phenolic OH excluding ortho intramolecular Hbond substituents is 1. The number of hydrogen-bond acceptors (Lipinski definition) is 6. The molecule has 11 nitrogen and oxygen atoms in total.